The number of ether oxygens (including phenoxy) is 2. The van der Waals surface area contributed by atoms with Gasteiger partial charge in [-0.15, -0.1) is 0 Å². The van der Waals surface area contributed by atoms with Crippen LogP contribution in [0.15, 0.2) is 35.2 Å². The van der Waals surface area contributed by atoms with Gasteiger partial charge in [0.1, 0.15) is 0 Å². The largest absolute Gasteiger partial charge is 0.454 e. The molecule has 0 bridgehead atoms. The van der Waals surface area contributed by atoms with Crippen molar-refractivity contribution >= 4 is 10.0 Å². The molecule has 2 aliphatic heterocycles. The predicted molar refractivity (Wildman–Crippen MR) is 92.3 cm³/mol. The lowest BCUT2D eigenvalue weighted by molar-refractivity contribution is 0.174. The van der Waals surface area contributed by atoms with Crippen molar-refractivity contribution in [3.63, 3.8) is 0 Å². The Bertz CT molecular complexity index is 968. The highest BCUT2D eigenvalue weighted by Gasteiger charge is 2.30. The van der Waals surface area contributed by atoms with Crippen LogP contribution in [0.3, 0.4) is 0 Å². The number of hydrogen-bond acceptors (Lipinski definition) is 4. The van der Waals surface area contributed by atoms with Crippen LogP contribution in [-0.2, 0) is 35.8 Å². The topological polar surface area (TPSA) is 55.8 Å². The lowest BCUT2D eigenvalue weighted by Gasteiger charge is -2.28. The Kier molecular flexibility index (Phi) is 3.33. The zero-order valence-electron chi connectivity index (χ0n) is 13.8. The van der Waals surface area contributed by atoms with Crippen molar-refractivity contribution in [3.05, 3.63) is 52.6 Å². The van der Waals surface area contributed by atoms with Gasteiger partial charge >= 0.3 is 0 Å². The Hall–Kier alpha value is -2.05. The third-order valence-corrected chi connectivity index (χ3v) is 7.22. The molecule has 3 aliphatic rings. The highest BCUT2D eigenvalue weighted by atomic mass is 32.2. The number of hydrogen-bond donors (Lipinski definition) is 0. The van der Waals surface area contributed by atoms with E-state index in [4.69, 9.17) is 9.47 Å². The molecule has 0 fully saturated rings. The molecule has 2 aromatic rings. The lowest BCUT2D eigenvalue weighted by Crippen LogP contribution is -2.36. The van der Waals surface area contributed by atoms with Crippen LogP contribution in [0.1, 0.15) is 28.7 Å². The van der Waals surface area contributed by atoms with Crippen LogP contribution in [-0.4, -0.2) is 26.1 Å². The maximum absolute atomic E-state index is 13.1. The van der Waals surface area contributed by atoms with E-state index < -0.39 is 10.0 Å². The molecule has 0 N–H and O–H groups in total. The second-order valence-corrected chi connectivity index (χ2v) is 8.78. The monoisotopic (exact) mass is 357 g/mol. The third-order valence-electron chi connectivity index (χ3n) is 5.38. The zero-order valence-corrected chi connectivity index (χ0v) is 14.6. The highest BCUT2D eigenvalue weighted by Crippen LogP contribution is 2.37. The summed E-state index contributed by atoms with van der Waals surface area (Å²) in [7, 11) is -3.48. The molecular weight excluding hydrogens is 338 g/mol. The summed E-state index contributed by atoms with van der Waals surface area (Å²) in [6.45, 7) is 1.10. The van der Waals surface area contributed by atoms with E-state index in [9.17, 15) is 8.42 Å². The van der Waals surface area contributed by atoms with Gasteiger partial charge in [0.05, 0.1) is 4.90 Å². The molecule has 1 aliphatic carbocycles. The van der Waals surface area contributed by atoms with Gasteiger partial charge in [0.25, 0.3) is 0 Å². The van der Waals surface area contributed by atoms with E-state index in [1.54, 1.807) is 10.4 Å². The van der Waals surface area contributed by atoms with Gasteiger partial charge in [0, 0.05) is 13.1 Å². The Balaban J connectivity index is 1.47. The Morgan fingerprint density at radius 3 is 2.40 bits per heavy atom. The summed E-state index contributed by atoms with van der Waals surface area (Å²) < 4.78 is 38.6. The summed E-state index contributed by atoms with van der Waals surface area (Å²) in [4.78, 5) is 0.414. The number of rotatable bonds is 2. The fourth-order valence-corrected chi connectivity index (χ4v) is 5.45. The van der Waals surface area contributed by atoms with Crippen LogP contribution < -0.4 is 9.47 Å². The summed E-state index contributed by atoms with van der Waals surface area (Å²) in [5.74, 6) is 1.46. The predicted octanol–water partition coefficient (Wildman–Crippen LogP) is 2.65. The van der Waals surface area contributed by atoms with Gasteiger partial charge in [0.15, 0.2) is 11.5 Å². The minimum absolute atomic E-state index is 0.232. The second kappa shape index (κ2) is 5.47. The quantitative estimate of drug-likeness (QED) is 0.829. The summed E-state index contributed by atoms with van der Waals surface area (Å²) in [6.07, 6.45) is 3.84. The molecule has 0 saturated carbocycles. The first-order valence-corrected chi connectivity index (χ1v) is 10.1. The molecule has 130 valence electrons. The fourth-order valence-electron chi connectivity index (χ4n) is 3.98. The molecule has 0 unspecified atom stereocenters. The van der Waals surface area contributed by atoms with Crippen LogP contribution in [0, 0.1) is 0 Å². The van der Waals surface area contributed by atoms with Crippen molar-refractivity contribution in [3.8, 4) is 11.5 Å². The summed E-state index contributed by atoms with van der Waals surface area (Å²) >= 11 is 0. The van der Waals surface area contributed by atoms with Crippen LogP contribution in [0.4, 0.5) is 0 Å². The average molecular weight is 357 g/mol. The number of nitrogens with zero attached hydrogens (tertiary/aromatic N) is 1. The lowest BCUT2D eigenvalue weighted by atomic mass is 10.0. The van der Waals surface area contributed by atoms with Crippen molar-refractivity contribution in [2.45, 2.75) is 37.1 Å². The first kappa shape index (κ1) is 15.2. The molecule has 5 rings (SSSR count). The van der Waals surface area contributed by atoms with Gasteiger partial charge < -0.3 is 9.47 Å². The second-order valence-electron chi connectivity index (χ2n) is 6.85. The van der Waals surface area contributed by atoms with E-state index in [2.05, 4.69) is 0 Å². The molecule has 0 atom stereocenters. The van der Waals surface area contributed by atoms with Gasteiger partial charge in [-0.2, -0.15) is 4.31 Å². The molecule has 25 heavy (non-hydrogen) atoms. The Labute approximate surface area is 147 Å². The number of aryl methyl sites for hydroxylation is 2. The van der Waals surface area contributed by atoms with Crippen molar-refractivity contribution in [1.82, 2.24) is 4.31 Å². The highest BCUT2D eigenvalue weighted by molar-refractivity contribution is 7.89. The first-order chi connectivity index (χ1) is 12.1. The van der Waals surface area contributed by atoms with Crippen molar-refractivity contribution in [1.29, 1.82) is 0 Å². The van der Waals surface area contributed by atoms with Gasteiger partial charge in [0.2, 0.25) is 16.8 Å². The van der Waals surface area contributed by atoms with Crippen LogP contribution >= 0.6 is 0 Å². The maximum Gasteiger partial charge on any atom is 0.243 e. The summed E-state index contributed by atoms with van der Waals surface area (Å²) in [6, 6.07) is 9.51. The molecule has 0 saturated heterocycles. The summed E-state index contributed by atoms with van der Waals surface area (Å²) in [5.41, 5.74) is 4.61. The van der Waals surface area contributed by atoms with Gasteiger partial charge in [-0.3, -0.25) is 0 Å². The molecular formula is C19H19NO4S. The normalized spacial score (nSPS) is 18.9. The van der Waals surface area contributed by atoms with Crippen LogP contribution in [0.25, 0.3) is 0 Å². The number of sulfonamides is 1. The van der Waals surface area contributed by atoms with Gasteiger partial charge in [-0.05, 0) is 72.2 Å². The first-order valence-electron chi connectivity index (χ1n) is 8.65. The van der Waals surface area contributed by atoms with E-state index in [1.165, 1.54) is 11.1 Å². The molecule has 2 aromatic carbocycles. The third kappa shape index (κ3) is 2.43. The van der Waals surface area contributed by atoms with Crippen molar-refractivity contribution < 1.29 is 17.9 Å². The Morgan fingerprint density at radius 2 is 1.56 bits per heavy atom. The van der Waals surface area contributed by atoms with E-state index in [-0.39, 0.29) is 6.79 Å². The minimum atomic E-state index is -3.48. The standard InChI is InChI=1S/C19H19NO4S/c21-25(22,17-5-4-13-2-1-3-14(13)8-17)20-7-6-15-9-18-19(24-12-23-18)10-16(15)11-20/h4-5,8-10H,1-3,6-7,11-12H2. The Morgan fingerprint density at radius 1 is 0.840 bits per heavy atom. The SMILES string of the molecule is O=S(=O)(c1ccc2c(c1)CCC2)N1CCc2cc3c(cc2C1)OCO3. The zero-order chi connectivity index (χ0) is 17.0. The van der Waals surface area contributed by atoms with Crippen molar-refractivity contribution in [2.24, 2.45) is 0 Å². The van der Waals surface area contributed by atoms with E-state index in [0.29, 0.717) is 30.2 Å². The van der Waals surface area contributed by atoms with Gasteiger partial charge in [-0.25, -0.2) is 8.42 Å². The average Bonchev–Trinajstić information content (AvgIpc) is 3.26. The van der Waals surface area contributed by atoms with Crippen molar-refractivity contribution in [2.75, 3.05) is 13.3 Å². The number of fused-ring (bicyclic) bond motifs is 3. The van der Waals surface area contributed by atoms with Crippen LogP contribution in [0.5, 0.6) is 11.5 Å². The maximum atomic E-state index is 13.1. The molecule has 6 heteroatoms. The van der Waals surface area contributed by atoms with E-state index in [1.807, 2.05) is 24.3 Å². The molecule has 0 spiro atoms. The van der Waals surface area contributed by atoms with E-state index >= 15 is 0 Å². The molecule has 0 amide bonds. The smallest absolute Gasteiger partial charge is 0.243 e. The fraction of sp³-hybridized carbons (Fsp3) is 0.368. The molecule has 0 aromatic heterocycles. The minimum Gasteiger partial charge on any atom is -0.454 e. The number of benzene rings is 2. The van der Waals surface area contributed by atoms with Gasteiger partial charge in [-0.1, -0.05) is 6.07 Å². The summed E-state index contributed by atoms with van der Waals surface area (Å²) in [5, 5.41) is 0. The molecule has 0 radical (unpaired) electrons. The van der Waals surface area contributed by atoms with E-state index in [0.717, 1.165) is 36.1 Å². The van der Waals surface area contributed by atoms with Crippen LogP contribution in [0.2, 0.25) is 0 Å². The molecule has 2 heterocycles. The molecule has 5 nitrogen and oxygen atoms in total.